The van der Waals surface area contributed by atoms with Crippen LogP contribution in [0.15, 0.2) is 23.4 Å². The number of carbonyl (C=O) groups excluding carboxylic acids is 1. The zero-order valence-corrected chi connectivity index (χ0v) is 8.86. The highest BCUT2D eigenvalue weighted by molar-refractivity contribution is 5.94. The van der Waals surface area contributed by atoms with E-state index in [9.17, 15) is 4.79 Å². The SMILES string of the molecule is CC=NOCc1c(C)cccc1C(N)=O. The number of carbonyl (C=O) groups is 1. The number of nitrogens with two attached hydrogens (primary N) is 1. The summed E-state index contributed by atoms with van der Waals surface area (Å²) in [4.78, 5) is 16.1. The number of benzene rings is 1. The van der Waals surface area contributed by atoms with E-state index < -0.39 is 5.91 Å². The average Bonchev–Trinajstić information content (AvgIpc) is 2.20. The van der Waals surface area contributed by atoms with Gasteiger partial charge in [-0.3, -0.25) is 4.79 Å². The number of hydrogen-bond acceptors (Lipinski definition) is 3. The minimum Gasteiger partial charge on any atom is -0.391 e. The zero-order valence-electron chi connectivity index (χ0n) is 8.86. The van der Waals surface area contributed by atoms with Crippen molar-refractivity contribution in [1.82, 2.24) is 0 Å². The highest BCUT2D eigenvalue weighted by Crippen LogP contribution is 2.15. The average molecular weight is 206 g/mol. The molecular weight excluding hydrogens is 192 g/mol. The van der Waals surface area contributed by atoms with E-state index in [4.69, 9.17) is 10.6 Å². The highest BCUT2D eigenvalue weighted by Gasteiger charge is 2.10. The number of primary amides is 1. The molecule has 1 rings (SSSR count). The number of nitrogens with zero attached hydrogens (tertiary/aromatic N) is 1. The van der Waals surface area contributed by atoms with E-state index in [-0.39, 0.29) is 6.61 Å². The van der Waals surface area contributed by atoms with Crippen molar-refractivity contribution in [2.45, 2.75) is 20.5 Å². The second-order valence-corrected chi connectivity index (χ2v) is 3.10. The molecule has 0 aromatic heterocycles. The molecule has 0 bridgehead atoms. The van der Waals surface area contributed by atoms with Crippen molar-refractivity contribution in [3.05, 3.63) is 34.9 Å². The van der Waals surface area contributed by atoms with Crippen LogP contribution in [0.5, 0.6) is 0 Å². The molecule has 0 fully saturated rings. The summed E-state index contributed by atoms with van der Waals surface area (Å²) in [5, 5.41) is 3.63. The third-order valence-corrected chi connectivity index (χ3v) is 2.06. The van der Waals surface area contributed by atoms with Gasteiger partial charge < -0.3 is 10.6 Å². The lowest BCUT2D eigenvalue weighted by molar-refractivity contribution is 0.0988. The maximum absolute atomic E-state index is 11.1. The van der Waals surface area contributed by atoms with Gasteiger partial charge in [-0.05, 0) is 25.5 Å². The molecule has 1 aromatic rings. The Kier molecular flexibility index (Phi) is 3.85. The summed E-state index contributed by atoms with van der Waals surface area (Å²) in [6.07, 6.45) is 1.54. The molecular formula is C11H14N2O2. The molecule has 0 aliphatic carbocycles. The molecule has 2 N–H and O–H groups in total. The van der Waals surface area contributed by atoms with Crippen LogP contribution in [0.2, 0.25) is 0 Å². The quantitative estimate of drug-likeness (QED) is 0.601. The van der Waals surface area contributed by atoms with Gasteiger partial charge in [-0.25, -0.2) is 0 Å². The lowest BCUT2D eigenvalue weighted by atomic mass is 10.0. The fraction of sp³-hybridized carbons (Fsp3) is 0.273. The third-order valence-electron chi connectivity index (χ3n) is 2.06. The van der Waals surface area contributed by atoms with Gasteiger partial charge in [-0.15, -0.1) is 0 Å². The largest absolute Gasteiger partial charge is 0.391 e. The van der Waals surface area contributed by atoms with Gasteiger partial charge in [-0.2, -0.15) is 0 Å². The number of rotatable bonds is 4. The summed E-state index contributed by atoms with van der Waals surface area (Å²) in [6, 6.07) is 5.38. The zero-order chi connectivity index (χ0) is 11.3. The molecule has 0 heterocycles. The Bertz CT molecular complexity index is 386. The van der Waals surface area contributed by atoms with Crippen molar-refractivity contribution in [3.63, 3.8) is 0 Å². The lowest BCUT2D eigenvalue weighted by Gasteiger charge is -2.08. The van der Waals surface area contributed by atoms with Crippen LogP contribution in [-0.2, 0) is 11.4 Å². The van der Waals surface area contributed by atoms with Gasteiger partial charge in [0.2, 0.25) is 5.91 Å². The number of aryl methyl sites for hydroxylation is 1. The van der Waals surface area contributed by atoms with Crippen LogP contribution < -0.4 is 5.73 Å². The van der Waals surface area contributed by atoms with E-state index in [1.165, 1.54) is 0 Å². The summed E-state index contributed by atoms with van der Waals surface area (Å²) in [6.45, 7) is 3.92. The summed E-state index contributed by atoms with van der Waals surface area (Å²) in [5.74, 6) is -0.447. The normalized spacial score (nSPS) is 10.5. The number of amides is 1. The minimum absolute atomic E-state index is 0.259. The fourth-order valence-electron chi connectivity index (χ4n) is 1.30. The maximum atomic E-state index is 11.1. The maximum Gasteiger partial charge on any atom is 0.249 e. The van der Waals surface area contributed by atoms with Crippen molar-refractivity contribution in [2.75, 3.05) is 0 Å². The summed E-state index contributed by atoms with van der Waals surface area (Å²) < 4.78 is 0. The molecule has 1 aromatic carbocycles. The first-order chi connectivity index (χ1) is 7.16. The molecule has 0 spiro atoms. The Hall–Kier alpha value is -1.84. The van der Waals surface area contributed by atoms with Crippen LogP contribution in [0.3, 0.4) is 0 Å². The molecule has 4 heteroatoms. The Morgan fingerprint density at radius 1 is 1.60 bits per heavy atom. The van der Waals surface area contributed by atoms with E-state index in [1.807, 2.05) is 13.0 Å². The lowest BCUT2D eigenvalue weighted by Crippen LogP contribution is -2.14. The Morgan fingerprint density at radius 3 is 2.93 bits per heavy atom. The summed E-state index contributed by atoms with van der Waals surface area (Å²) in [7, 11) is 0. The van der Waals surface area contributed by atoms with E-state index in [1.54, 1.807) is 25.3 Å². The molecule has 0 radical (unpaired) electrons. The van der Waals surface area contributed by atoms with Gasteiger partial charge >= 0.3 is 0 Å². The van der Waals surface area contributed by atoms with Gasteiger partial charge in [0.15, 0.2) is 0 Å². The van der Waals surface area contributed by atoms with Gasteiger partial charge in [-0.1, -0.05) is 17.3 Å². The van der Waals surface area contributed by atoms with Gasteiger partial charge in [0.1, 0.15) is 6.61 Å². The molecule has 0 aliphatic heterocycles. The van der Waals surface area contributed by atoms with Gasteiger partial charge in [0.05, 0.1) is 0 Å². The summed E-state index contributed by atoms with van der Waals surface area (Å²) in [5.41, 5.74) is 7.50. The molecule has 80 valence electrons. The van der Waals surface area contributed by atoms with Crippen LogP contribution in [0.4, 0.5) is 0 Å². The Balaban J connectivity index is 2.97. The number of hydrogen-bond donors (Lipinski definition) is 1. The van der Waals surface area contributed by atoms with Crippen molar-refractivity contribution in [3.8, 4) is 0 Å². The smallest absolute Gasteiger partial charge is 0.249 e. The monoisotopic (exact) mass is 206 g/mol. The van der Waals surface area contributed by atoms with Gasteiger partial charge in [0, 0.05) is 17.3 Å². The topological polar surface area (TPSA) is 64.7 Å². The first kappa shape index (κ1) is 11.2. The highest BCUT2D eigenvalue weighted by atomic mass is 16.6. The van der Waals surface area contributed by atoms with Crippen molar-refractivity contribution >= 4 is 12.1 Å². The van der Waals surface area contributed by atoms with E-state index in [2.05, 4.69) is 5.16 Å². The Morgan fingerprint density at radius 2 is 2.33 bits per heavy atom. The summed E-state index contributed by atoms with van der Waals surface area (Å²) >= 11 is 0. The van der Waals surface area contributed by atoms with Crippen LogP contribution in [-0.4, -0.2) is 12.1 Å². The second kappa shape index (κ2) is 5.14. The van der Waals surface area contributed by atoms with Crippen LogP contribution in [0.1, 0.15) is 28.4 Å². The third kappa shape index (κ3) is 2.80. The van der Waals surface area contributed by atoms with Gasteiger partial charge in [0.25, 0.3) is 0 Å². The molecule has 4 nitrogen and oxygen atoms in total. The van der Waals surface area contributed by atoms with Crippen LogP contribution in [0.25, 0.3) is 0 Å². The molecule has 0 saturated carbocycles. The number of oxime groups is 1. The predicted molar refractivity (Wildman–Crippen MR) is 58.7 cm³/mol. The molecule has 0 unspecified atom stereocenters. The fourth-order valence-corrected chi connectivity index (χ4v) is 1.30. The van der Waals surface area contributed by atoms with E-state index in [0.29, 0.717) is 5.56 Å². The minimum atomic E-state index is -0.447. The van der Waals surface area contributed by atoms with Crippen molar-refractivity contribution in [2.24, 2.45) is 10.9 Å². The first-order valence-corrected chi connectivity index (χ1v) is 4.65. The van der Waals surface area contributed by atoms with Crippen LogP contribution >= 0.6 is 0 Å². The standard InChI is InChI=1S/C11H14N2O2/c1-3-13-15-7-10-8(2)5-4-6-9(10)11(12)14/h3-6H,7H2,1-2H3,(H2,12,14). The molecule has 0 saturated heterocycles. The molecule has 1 amide bonds. The molecule has 15 heavy (non-hydrogen) atoms. The van der Waals surface area contributed by atoms with E-state index in [0.717, 1.165) is 11.1 Å². The predicted octanol–water partition coefficient (Wildman–Crippen LogP) is 1.62. The van der Waals surface area contributed by atoms with Crippen molar-refractivity contribution < 1.29 is 9.63 Å². The molecule has 0 aliphatic rings. The van der Waals surface area contributed by atoms with Crippen molar-refractivity contribution in [1.29, 1.82) is 0 Å². The Labute approximate surface area is 88.7 Å². The molecule has 0 atom stereocenters. The second-order valence-electron chi connectivity index (χ2n) is 3.10. The van der Waals surface area contributed by atoms with Crippen LogP contribution in [0, 0.1) is 6.92 Å². The van der Waals surface area contributed by atoms with E-state index >= 15 is 0 Å². The first-order valence-electron chi connectivity index (χ1n) is 4.65.